The number of hydrogen-bond donors (Lipinski definition) is 2. The van der Waals surface area contributed by atoms with Crippen LogP contribution in [0.15, 0.2) is 42.5 Å². The molecule has 1 heterocycles. The number of nitro benzene ring substituents is 1. The van der Waals surface area contributed by atoms with Crippen LogP contribution < -0.4 is 20.5 Å². The molecule has 0 atom stereocenters. The SMILES string of the molecule is CCOc1ccc(C(=O)NNC(=O)c2cc([N+](=O)[O-])ccc2N2CCOCC2)cc1. The van der Waals surface area contributed by atoms with Gasteiger partial charge in [0.15, 0.2) is 0 Å². The lowest BCUT2D eigenvalue weighted by Crippen LogP contribution is -2.43. The first kappa shape index (κ1) is 21.1. The fraction of sp³-hybridized carbons (Fsp3) is 0.300. The lowest BCUT2D eigenvalue weighted by atomic mass is 10.1. The highest BCUT2D eigenvalue weighted by atomic mass is 16.6. The normalized spacial score (nSPS) is 13.4. The number of non-ortho nitro benzene ring substituents is 1. The van der Waals surface area contributed by atoms with Gasteiger partial charge >= 0.3 is 0 Å². The third-order valence-corrected chi connectivity index (χ3v) is 4.50. The molecule has 0 radical (unpaired) electrons. The Morgan fingerprint density at radius 1 is 1.10 bits per heavy atom. The van der Waals surface area contributed by atoms with Crippen molar-refractivity contribution < 1.29 is 24.0 Å². The van der Waals surface area contributed by atoms with Crippen molar-refractivity contribution in [3.05, 3.63) is 63.7 Å². The van der Waals surface area contributed by atoms with E-state index in [-0.39, 0.29) is 11.3 Å². The molecule has 0 bridgehead atoms. The number of morpholine rings is 1. The summed E-state index contributed by atoms with van der Waals surface area (Å²) in [4.78, 5) is 37.5. The lowest BCUT2D eigenvalue weighted by molar-refractivity contribution is -0.384. The zero-order valence-electron chi connectivity index (χ0n) is 16.4. The number of benzene rings is 2. The second-order valence-electron chi connectivity index (χ2n) is 6.42. The van der Waals surface area contributed by atoms with Crippen LogP contribution in [0.25, 0.3) is 0 Å². The van der Waals surface area contributed by atoms with Crippen molar-refractivity contribution >= 4 is 23.2 Å². The van der Waals surface area contributed by atoms with Crippen LogP contribution in [0.3, 0.4) is 0 Å². The molecule has 2 aromatic rings. The summed E-state index contributed by atoms with van der Waals surface area (Å²) in [7, 11) is 0. The molecule has 0 unspecified atom stereocenters. The molecule has 2 N–H and O–H groups in total. The Hall–Kier alpha value is -3.66. The molecule has 0 spiro atoms. The van der Waals surface area contributed by atoms with Gasteiger partial charge in [-0.1, -0.05) is 0 Å². The summed E-state index contributed by atoms with van der Waals surface area (Å²) in [6, 6.07) is 10.5. The number of carbonyl (C=O) groups excluding carboxylic acids is 2. The number of amides is 2. The standard InChI is InChI=1S/C20H22N4O6/c1-2-30-16-6-3-14(4-7-16)19(25)21-22-20(26)17-13-15(24(27)28)5-8-18(17)23-9-11-29-12-10-23/h3-8,13H,2,9-12H2,1H3,(H,21,25)(H,22,26). The van der Waals surface area contributed by atoms with Gasteiger partial charge in [0.2, 0.25) is 0 Å². The molecular formula is C20H22N4O6. The second-order valence-corrected chi connectivity index (χ2v) is 6.42. The Morgan fingerprint density at radius 2 is 1.77 bits per heavy atom. The van der Waals surface area contributed by atoms with Gasteiger partial charge in [-0.3, -0.25) is 30.6 Å². The number of hydrazine groups is 1. The Balaban J connectivity index is 1.73. The highest BCUT2D eigenvalue weighted by Gasteiger charge is 2.22. The van der Waals surface area contributed by atoms with Crippen molar-refractivity contribution in [1.82, 2.24) is 10.9 Å². The highest BCUT2D eigenvalue weighted by Crippen LogP contribution is 2.26. The van der Waals surface area contributed by atoms with Gasteiger partial charge in [0.1, 0.15) is 5.75 Å². The van der Waals surface area contributed by atoms with Gasteiger partial charge < -0.3 is 14.4 Å². The first-order valence-electron chi connectivity index (χ1n) is 9.44. The molecular weight excluding hydrogens is 392 g/mol. The maximum atomic E-state index is 12.7. The monoisotopic (exact) mass is 414 g/mol. The van der Waals surface area contributed by atoms with E-state index in [9.17, 15) is 19.7 Å². The van der Waals surface area contributed by atoms with Crippen LogP contribution in [-0.2, 0) is 4.74 Å². The molecule has 30 heavy (non-hydrogen) atoms. The second kappa shape index (κ2) is 9.70. The zero-order valence-corrected chi connectivity index (χ0v) is 16.4. The number of nitrogens with one attached hydrogen (secondary N) is 2. The molecule has 1 saturated heterocycles. The molecule has 2 aromatic carbocycles. The summed E-state index contributed by atoms with van der Waals surface area (Å²) in [6.07, 6.45) is 0. The molecule has 0 aliphatic carbocycles. The van der Waals surface area contributed by atoms with E-state index in [1.807, 2.05) is 11.8 Å². The topological polar surface area (TPSA) is 123 Å². The minimum absolute atomic E-state index is 0.0955. The molecule has 1 aliphatic heterocycles. The van der Waals surface area contributed by atoms with Gasteiger partial charge in [0.25, 0.3) is 17.5 Å². The summed E-state index contributed by atoms with van der Waals surface area (Å²) >= 11 is 0. The fourth-order valence-corrected chi connectivity index (χ4v) is 3.02. The van der Waals surface area contributed by atoms with Gasteiger partial charge in [-0.2, -0.15) is 0 Å². The lowest BCUT2D eigenvalue weighted by Gasteiger charge is -2.30. The molecule has 1 aliphatic rings. The van der Waals surface area contributed by atoms with Crippen LogP contribution in [0.5, 0.6) is 5.75 Å². The number of rotatable bonds is 6. The molecule has 10 heteroatoms. The van der Waals surface area contributed by atoms with E-state index in [4.69, 9.17) is 9.47 Å². The Kier molecular flexibility index (Phi) is 6.81. The van der Waals surface area contributed by atoms with E-state index >= 15 is 0 Å². The van der Waals surface area contributed by atoms with Crippen molar-refractivity contribution in [2.45, 2.75) is 6.92 Å². The number of hydrogen-bond acceptors (Lipinski definition) is 7. The summed E-state index contributed by atoms with van der Waals surface area (Å²) in [6.45, 7) is 4.46. The van der Waals surface area contributed by atoms with Gasteiger partial charge in [-0.15, -0.1) is 0 Å². The molecule has 3 rings (SSSR count). The van der Waals surface area contributed by atoms with Crippen LogP contribution in [0.4, 0.5) is 11.4 Å². The van der Waals surface area contributed by atoms with E-state index in [0.717, 1.165) is 0 Å². The van der Waals surface area contributed by atoms with Gasteiger partial charge in [0.05, 0.1) is 36.0 Å². The number of nitrogens with zero attached hydrogens (tertiary/aromatic N) is 2. The smallest absolute Gasteiger partial charge is 0.272 e. The first-order chi connectivity index (χ1) is 14.5. The Labute approximate surface area is 172 Å². The van der Waals surface area contributed by atoms with E-state index < -0.39 is 16.7 Å². The molecule has 158 valence electrons. The van der Waals surface area contributed by atoms with Gasteiger partial charge in [0, 0.05) is 30.8 Å². The average Bonchev–Trinajstić information content (AvgIpc) is 2.78. The van der Waals surface area contributed by atoms with Crippen molar-refractivity contribution in [2.24, 2.45) is 0 Å². The van der Waals surface area contributed by atoms with Crippen LogP contribution in [-0.4, -0.2) is 49.6 Å². The van der Waals surface area contributed by atoms with E-state index in [0.29, 0.717) is 49.9 Å². The summed E-state index contributed by atoms with van der Waals surface area (Å²) in [5, 5.41) is 11.1. The van der Waals surface area contributed by atoms with Gasteiger partial charge in [-0.05, 0) is 37.3 Å². The quantitative estimate of drug-likeness (QED) is 0.547. The van der Waals surface area contributed by atoms with Crippen LogP contribution >= 0.6 is 0 Å². The molecule has 0 aromatic heterocycles. The van der Waals surface area contributed by atoms with Crippen LogP contribution in [0.2, 0.25) is 0 Å². The third-order valence-electron chi connectivity index (χ3n) is 4.50. The summed E-state index contributed by atoms with van der Waals surface area (Å²) < 4.78 is 10.6. The Morgan fingerprint density at radius 3 is 2.40 bits per heavy atom. The summed E-state index contributed by atoms with van der Waals surface area (Å²) in [5.41, 5.74) is 5.41. The number of anilines is 1. The Bertz CT molecular complexity index is 925. The molecule has 1 fully saturated rings. The van der Waals surface area contributed by atoms with Crippen molar-refractivity contribution in [3.63, 3.8) is 0 Å². The summed E-state index contributed by atoms with van der Waals surface area (Å²) in [5.74, 6) is -0.547. The predicted molar refractivity (Wildman–Crippen MR) is 109 cm³/mol. The van der Waals surface area contributed by atoms with Crippen molar-refractivity contribution in [2.75, 3.05) is 37.8 Å². The van der Waals surface area contributed by atoms with E-state index in [2.05, 4.69) is 10.9 Å². The van der Waals surface area contributed by atoms with Gasteiger partial charge in [-0.25, -0.2) is 0 Å². The largest absolute Gasteiger partial charge is 0.494 e. The average molecular weight is 414 g/mol. The highest BCUT2D eigenvalue weighted by molar-refractivity contribution is 6.02. The third kappa shape index (κ3) is 5.03. The van der Waals surface area contributed by atoms with E-state index in [1.165, 1.54) is 18.2 Å². The molecule has 0 saturated carbocycles. The van der Waals surface area contributed by atoms with Crippen molar-refractivity contribution in [3.8, 4) is 5.75 Å². The maximum Gasteiger partial charge on any atom is 0.272 e. The number of ether oxygens (including phenoxy) is 2. The number of carbonyl (C=O) groups is 2. The predicted octanol–water partition coefficient (Wildman–Crippen LogP) is 1.90. The maximum absolute atomic E-state index is 12.7. The first-order valence-corrected chi connectivity index (χ1v) is 9.44. The molecule has 2 amide bonds. The minimum atomic E-state index is -0.653. The fourth-order valence-electron chi connectivity index (χ4n) is 3.02. The van der Waals surface area contributed by atoms with E-state index in [1.54, 1.807) is 24.3 Å². The number of nitro groups is 1. The van der Waals surface area contributed by atoms with Crippen LogP contribution in [0.1, 0.15) is 27.6 Å². The molecule has 10 nitrogen and oxygen atoms in total. The zero-order chi connectivity index (χ0) is 21.5. The van der Waals surface area contributed by atoms with Crippen LogP contribution in [0, 0.1) is 10.1 Å². The van der Waals surface area contributed by atoms with Crippen molar-refractivity contribution in [1.29, 1.82) is 0 Å². The minimum Gasteiger partial charge on any atom is -0.494 e.